The lowest BCUT2D eigenvalue weighted by atomic mass is 10.1. The summed E-state index contributed by atoms with van der Waals surface area (Å²) in [7, 11) is -4.14. The SMILES string of the molecule is CC(C)(C)OC(=O)CCN(Cc1ccccc1C(=O)O)C(=O)OCOP(=O)(OC(C)(C)C)OC(C)(C)C. The van der Waals surface area contributed by atoms with Crippen LogP contribution in [0.2, 0.25) is 0 Å². The van der Waals surface area contributed by atoms with Crippen molar-refractivity contribution in [3.05, 3.63) is 35.4 Å². The molecule has 1 aromatic rings. The van der Waals surface area contributed by atoms with Crippen LogP contribution in [-0.4, -0.2) is 58.2 Å². The Balaban J connectivity index is 3.03. The van der Waals surface area contributed by atoms with Crippen molar-refractivity contribution in [1.82, 2.24) is 4.90 Å². The minimum absolute atomic E-state index is 0.00419. The molecule has 0 heterocycles. The average molecular weight is 546 g/mol. The summed E-state index contributed by atoms with van der Waals surface area (Å²) in [4.78, 5) is 37.9. The van der Waals surface area contributed by atoms with E-state index in [0.29, 0.717) is 5.56 Å². The summed E-state index contributed by atoms with van der Waals surface area (Å²) >= 11 is 0. The Morgan fingerprint density at radius 1 is 0.892 bits per heavy atom. The van der Waals surface area contributed by atoms with Crippen LogP contribution in [0.4, 0.5) is 4.79 Å². The molecule has 0 aliphatic heterocycles. The van der Waals surface area contributed by atoms with Gasteiger partial charge in [-0.1, -0.05) is 18.2 Å². The highest BCUT2D eigenvalue weighted by atomic mass is 31.2. The number of phosphoric ester groups is 1. The molecule has 0 saturated carbocycles. The van der Waals surface area contributed by atoms with E-state index in [4.69, 9.17) is 23.0 Å². The lowest BCUT2D eigenvalue weighted by Crippen LogP contribution is -2.35. The van der Waals surface area contributed by atoms with Crippen LogP contribution in [0.5, 0.6) is 0 Å². The Hall–Kier alpha value is -2.46. The molecule has 0 aromatic heterocycles. The van der Waals surface area contributed by atoms with E-state index in [9.17, 15) is 24.1 Å². The molecular weight excluding hydrogens is 505 g/mol. The first-order chi connectivity index (χ1) is 16.7. The minimum Gasteiger partial charge on any atom is -0.478 e. The molecule has 0 saturated heterocycles. The third-order valence-electron chi connectivity index (χ3n) is 4.04. The van der Waals surface area contributed by atoms with Crippen molar-refractivity contribution in [3.63, 3.8) is 0 Å². The summed E-state index contributed by atoms with van der Waals surface area (Å²) in [6.07, 6.45) is -1.09. The predicted molar refractivity (Wildman–Crippen MR) is 136 cm³/mol. The number of carboxylic acid groups (broad SMARTS) is 1. The fourth-order valence-electron chi connectivity index (χ4n) is 2.90. The van der Waals surface area contributed by atoms with Gasteiger partial charge in [-0.3, -0.25) is 13.8 Å². The van der Waals surface area contributed by atoms with E-state index in [1.54, 1.807) is 80.5 Å². The molecule has 11 nitrogen and oxygen atoms in total. The highest BCUT2D eigenvalue weighted by Crippen LogP contribution is 2.55. The number of benzene rings is 1. The first-order valence-corrected chi connectivity index (χ1v) is 13.3. The van der Waals surface area contributed by atoms with Crippen LogP contribution >= 0.6 is 7.82 Å². The van der Waals surface area contributed by atoms with Crippen molar-refractivity contribution >= 4 is 25.9 Å². The number of aromatic carboxylic acids is 1. The highest BCUT2D eigenvalue weighted by molar-refractivity contribution is 7.48. The zero-order valence-electron chi connectivity index (χ0n) is 23.2. The lowest BCUT2D eigenvalue weighted by Gasteiger charge is -2.31. The number of phosphoric acid groups is 1. The van der Waals surface area contributed by atoms with Crippen LogP contribution in [0.3, 0.4) is 0 Å². The number of amides is 1. The minimum atomic E-state index is -4.14. The molecule has 1 amide bonds. The number of carboxylic acids is 1. The summed E-state index contributed by atoms with van der Waals surface area (Å²) in [6, 6.07) is 6.15. The normalized spacial score (nSPS) is 12.7. The summed E-state index contributed by atoms with van der Waals surface area (Å²) in [5, 5.41) is 9.49. The summed E-state index contributed by atoms with van der Waals surface area (Å²) in [6.45, 7) is 14.1. The van der Waals surface area contributed by atoms with Crippen LogP contribution in [0.25, 0.3) is 0 Å². The molecule has 12 heteroatoms. The molecule has 1 aromatic carbocycles. The maximum atomic E-state index is 13.2. The first kappa shape index (κ1) is 32.6. The third kappa shape index (κ3) is 13.6. The lowest BCUT2D eigenvalue weighted by molar-refractivity contribution is -0.155. The van der Waals surface area contributed by atoms with Gasteiger partial charge in [0.15, 0.2) is 0 Å². The van der Waals surface area contributed by atoms with Gasteiger partial charge >= 0.3 is 25.9 Å². The van der Waals surface area contributed by atoms with E-state index in [1.807, 2.05) is 0 Å². The second-order valence-corrected chi connectivity index (χ2v) is 12.7. The van der Waals surface area contributed by atoms with Gasteiger partial charge in [0.05, 0.1) is 23.2 Å². The maximum absolute atomic E-state index is 13.2. The molecule has 0 fully saturated rings. The Morgan fingerprint density at radius 3 is 1.92 bits per heavy atom. The topological polar surface area (TPSA) is 138 Å². The number of hydrogen-bond donors (Lipinski definition) is 1. The van der Waals surface area contributed by atoms with Gasteiger partial charge in [-0.2, -0.15) is 0 Å². The molecule has 0 unspecified atom stereocenters. The highest BCUT2D eigenvalue weighted by Gasteiger charge is 2.37. The van der Waals surface area contributed by atoms with Gasteiger partial charge in [-0.15, -0.1) is 0 Å². The summed E-state index contributed by atoms with van der Waals surface area (Å²) in [5.74, 6) is -1.71. The zero-order valence-corrected chi connectivity index (χ0v) is 24.0. The fourth-order valence-corrected chi connectivity index (χ4v) is 4.57. The number of carbonyl (C=O) groups excluding carboxylic acids is 2. The molecule has 37 heavy (non-hydrogen) atoms. The van der Waals surface area contributed by atoms with Gasteiger partial charge in [0, 0.05) is 13.1 Å². The largest absolute Gasteiger partial charge is 0.478 e. The molecule has 0 atom stereocenters. The summed E-state index contributed by atoms with van der Waals surface area (Å²) in [5.41, 5.74) is -2.16. The second kappa shape index (κ2) is 12.9. The number of nitrogens with zero attached hydrogens (tertiary/aromatic N) is 1. The van der Waals surface area contributed by atoms with E-state index in [2.05, 4.69) is 0 Å². The van der Waals surface area contributed by atoms with Gasteiger partial charge in [0.1, 0.15) is 5.60 Å². The molecule has 0 aliphatic rings. The average Bonchev–Trinajstić information content (AvgIpc) is 2.66. The van der Waals surface area contributed by atoms with Gasteiger partial charge in [0.2, 0.25) is 6.79 Å². The van der Waals surface area contributed by atoms with Crippen molar-refractivity contribution in [2.45, 2.75) is 92.1 Å². The molecule has 0 radical (unpaired) electrons. The number of rotatable bonds is 11. The van der Waals surface area contributed by atoms with Crippen molar-refractivity contribution in [1.29, 1.82) is 0 Å². The Bertz CT molecular complexity index is 968. The number of esters is 1. The maximum Gasteiger partial charge on any atom is 0.478 e. The number of hydrogen-bond acceptors (Lipinski definition) is 9. The molecular formula is C25H40NO10P. The summed E-state index contributed by atoms with van der Waals surface area (Å²) < 4.78 is 39.9. The van der Waals surface area contributed by atoms with Crippen molar-refractivity contribution in [3.8, 4) is 0 Å². The monoisotopic (exact) mass is 545 g/mol. The van der Waals surface area contributed by atoms with E-state index in [-0.39, 0.29) is 25.1 Å². The third-order valence-corrected chi connectivity index (χ3v) is 6.00. The van der Waals surface area contributed by atoms with Crippen LogP contribution < -0.4 is 0 Å². The van der Waals surface area contributed by atoms with Gasteiger partial charge in [-0.05, 0) is 73.9 Å². The number of carbonyl (C=O) groups is 3. The molecule has 0 spiro atoms. The standard InChI is InChI=1S/C25H40NO10P/c1-23(2,3)34-20(27)14-15-26(16-18-12-10-11-13-19(18)21(28)29)22(30)32-17-33-37(31,35-24(4,5)6)36-25(7,8)9/h10-13H,14-17H2,1-9H3,(H,28,29). The van der Waals surface area contributed by atoms with E-state index in [0.717, 1.165) is 4.90 Å². The van der Waals surface area contributed by atoms with E-state index < -0.39 is 49.5 Å². The second-order valence-electron chi connectivity index (χ2n) is 11.2. The molecule has 0 aliphatic carbocycles. The van der Waals surface area contributed by atoms with Crippen LogP contribution in [0.15, 0.2) is 24.3 Å². The Morgan fingerprint density at radius 2 is 1.43 bits per heavy atom. The first-order valence-electron chi connectivity index (χ1n) is 11.8. The fraction of sp³-hybridized carbons (Fsp3) is 0.640. The Labute approximate surface area is 219 Å². The van der Waals surface area contributed by atoms with Gasteiger partial charge in [0.25, 0.3) is 0 Å². The molecule has 0 bridgehead atoms. The van der Waals surface area contributed by atoms with Crippen LogP contribution in [0, 0.1) is 0 Å². The molecule has 1 rings (SSSR count). The van der Waals surface area contributed by atoms with Crippen LogP contribution in [0.1, 0.15) is 84.7 Å². The van der Waals surface area contributed by atoms with Crippen molar-refractivity contribution in [2.24, 2.45) is 0 Å². The van der Waals surface area contributed by atoms with Crippen molar-refractivity contribution in [2.75, 3.05) is 13.3 Å². The molecule has 1 N–H and O–H groups in total. The van der Waals surface area contributed by atoms with E-state index in [1.165, 1.54) is 6.07 Å². The van der Waals surface area contributed by atoms with Gasteiger partial charge in [-0.25, -0.2) is 18.7 Å². The van der Waals surface area contributed by atoms with E-state index >= 15 is 0 Å². The van der Waals surface area contributed by atoms with Crippen molar-refractivity contribution < 1.29 is 47.1 Å². The predicted octanol–water partition coefficient (Wildman–Crippen LogP) is 5.77. The smallest absolute Gasteiger partial charge is 0.478 e. The zero-order chi connectivity index (χ0) is 28.7. The molecule has 210 valence electrons. The van der Waals surface area contributed by atoms with Gasteiger partial charge < -0.3 is 19.5 Å². The Kier molecular flexibility index (Phi) is 11.3. The van der Waals surface area contributed by atoms with Crippen LogP contribution in [-0.2, 0) is 38.9 Å². The number of ether oxygens (including phenoxy) is 2. The quantitative estimate of drug-likeness (QED) is 0.207.